The minimum absolute atomic E-state index is 0.210. The summed E-state index contributed by atoms with van der Waals surface area (Å²) in [4.78, 5) is 0.949. The predicted octanol–water partition coefficient (Wildman–Crippen LogP) is 2.78. The zero-order chi connectivity index (χ0) is 13.1. The number of nitrogen functional groups attached to an aromatic ring is 1. The van der Waals surface area contributed by atoms with Gasteiger partial charge < -0.3 is 15.6 Å². The average molecular weight is 255 g/mol. The van der Waals surface area contributed by atoms with Crippen molar-refractivity contribution in [1.29, 1.82) is 0 Å². The highest BCUT2D eigenvalue weighted by Gasteiger charge is 2.25. The zero-order valence-corrected chi connectivity index (χ0v) is 11.7. The first-order valence-corrected chi connectivity index (χ1v) is 6.64. The van der Waals surface area contributed by atoms with Gasteiger partial charge in [-0.2, -0.15) is 0 Å². The lowest BCUT2D eigenvalue weighted by atomic mass is 9.95. The molecule has 0 radical (unpaired) electrons. The number of thioether (sulfide) groups is 1. The molecule has 1 aromatic carbocycles. The molecule has 0 saturated carbocycles. The molecule has 0 spiro atoms. The van der Waals surface area contributed by atoms with E-state index in [1.54, 1.807) is 18.9 Å². The molecule has 0 heterocycles. The van der Waals surface area contributed by atoms with Crippen LogP contribution in [0.4, 0.5) is 5.69 Å². The highest BCUT2D eigenvalue weighted by Crippen LogP contribution is 2.32. The molecule has 4 heteroatoms. The molecule has 3 nitrogen and oxygen atoms in total. The second-order valence-corrected chi connectivity index (χ2v) is 5.72. The van der Waals surface area contributed by atoms with E-state index in [9.17, 15) is 5.11 Å². The first-order chi connectivity index (χ1) is 7.86. The number of aliphatic hydroxyl groups is 1. The minimum Gasteiger partial charge on any atom is -0.497 e. The molecular formula is C13H21NO2S. The lowest BCUT2D eigenvalue weighted by Gasteiger charge is -2.27. The number of benzene rings is 1. The van der Waals surface area contributed by atoms with E-state index in [0.29, 0.717) is 5.75 Å². The molecule has 1 unspecified atom stereocenters. The molecule has 0 aliphatic rings. The van der Waals surface area contributed by atoms with E-state index in [2.05, 4.69) is 0 Å². The molecule has 96 valence electrons. The van der Waals surface area contributed by atoms with Crippen LogP contribution in [0.3, 0.4) is 0 Å². The molecule has 1 atom stereocenters. The van der Waals surface area contributed by atoms with Crippen LogP contribution in [0.5, 0.6) is 5.75 Å². The number of hydrogen-bond acceptors (Lipinski definition) is 4. The van der Waals surface area contributed by atoms with Crippen LogP contribution in [0.1, 0.15) is 20.8 Å². The Morgan fingerprint density at radius 3 is 2.65 bits per heavy atom. The summed E-state index contributed by atoms with van der Waals surface area (Å²) in [6.07, 6.45) is 0. The summed E-state index contributed by atoms with van der Waals surface area (Å²) in [6, 6.07) is 5.56. The number of rotatable bonds is 5. The molecule has 1 aromatic rings. The number of anilines is 1. The Morgan fingerprint density at radius 2 is 2.12 bits per heavy atom. The SMILES string of the molecule is COc1ccc(N)c(SCC(C)(O)C(C)C)c1. The van der Waals surface area contributed by atoms with Crippen LogP contribution in [0.15, 0.2) is 23.1 Å². The summed E-state index contributed by atoms with van der Waals surface area (Å²) in [5.74, 6) is 1.61. The third-order valence-electron chi connectivity index (χ3n) is 2.98. The lowest BCUT2D eigenvalue weighted by molar-refractivity contribution is 0.0376. The molecule has 0 aromatic heterocycles. The molecule has 0 saturated heterocycles. The van der Waals surface area contributed by atoms with Crippen LogP contribution < -0.4 is 10.5 Å². The van der Waals surface area contributed by atoms with Gasteiger partial charge in [0.1, 0.15) is 5.75 Å². The van der Waals surface area contributed by atoms with Crippen molar-refractivity contribution < 1.29 is 9.84 Å². The van der Waals surface area contributed by atoms with E-state index in [0.717, 1.165) is 16.3 Å². The van der Waals surface area contributed by atoms with Crippen molar-refractivity contribution in [3.63, 3.8) is 0 Å². The topological polar surface area (TPSA) is 55.5 Å². The molecule has 0 bridgehead atoms. The summed E-state index contributed by atoms with van der Waals surface area (Å²) in [5.41, 5.74) is 5.92. The van der Waals surface area contributed by atoms with Gasteiger partial charge in [-0.1, -0.05) is 13.8 Å². The lowest BCUT2D eigenvalue weighted by Crippen LogP contribution is -2.33. The van der Waals surface area contributed by atoms with Crippen LogP contribution >= 0.6 is 11.8 Å². The summed E-state index contributed by atoms with van der Waals surface area (Å²) in [7, 11) is 1.63. The standard InChI is InChI=1S/C13H21NO2S/c1-9(2)13(3,15)8-17-12-7-10(16-4)5-6-11(12)14/h5-7,9,15H,8,14H2,1-4H3. The second kappa shape index (κ2) is 5.65. The van der Waals surface area contributed by atoms with Crippen LogP contribution in [0, 0.1) is 5.92 Å². The maximum absolute atomic E-state index is 10.2. The van der Waals surface area contributed by atoms with Crippen LogP contribution in [0.25, 0.3) is 0 Å². The van der Waals surface area contributed by atoms with E-state index in [1.165, 1.54) is 0 Å². The molecular weight excluding hydrogens is 234 g/mol. The Balaban J connectivity index is 2.75. The fourth-order valence-electron chi connectivity index (χ4n) is 1.16. The molecule has 0 amide bonds. The van der Waals surface area contributed by atoms with Crippen molar-refractivity contribution in [3.05, 3.63) is 18.2 Å². The van der Waals surface area contributed by atoms with E-state index >= 15 is 0 Å². The minimum atomic E-state index is -0.694. The van der Waals surface area contributed by atoms with Crippen molar-refractivity contribution in [1.82, 2.24) is 0 Å². The Kier molecular flexibility index (Phi) is 4.71. The van der Waals surface area contributed by atoms with Crippen molar-refractivity contribution >= 4 is 17.4 Å². The first-order valence-electron chi connectivity index (χ1n) is 5.65. The highest BCUT2D eigenvalue weighted by molar-refractivity contribution is 7.99. The Morgan fingerprint density at radius 1 is 1.47 bits per heavy atom. The molecule has 1 rings (SSSR count). The van der Waals surface area contributed by atoms with Gasteiger partial charge in [0, 0.05) is 16.3 Å². The molecule has 17 heavy (non-hydrogen) atoms. The van der Waals surface area contributed by atoms with E-state index < -0.39 is 5.60 Å². The maximum atomic E-state index is 10.2. The normalized spacial score (nSPS) is 14.7. The van der Waals surface area contributed by atoms with E-state index in [-0.39, 0.29) is 5.92 Å². The van der Waals surface area contributed by atoms with Crippen molar-refractivity contribution in [3.8, 4) is 5.75 Å². The van der Waals surface area contributed by atoms with Gasteiger partial charge in [0.2, 0.25) is 0 Å². The Bertz CT molecular complexity index is 378. The molecule has 3 N–H and O–H groups in total. The van der Waals surface area contributed by atoms with Gasteiger partial charge in [0.05, 0.1) is 12.7 Å². The van der Waals surface area contributed by atoms with Crippen molar-refractivity contribution in [2.75, 3.05) is 18.6 Å². The van der Waals surface area contributed by atoms with Crippen molar-refractivity contribution in [2.45, 2.75) is 31.3 Å². The van der Waals surface area contributed by atoms with Gasteiger partial charge in [0.15, 0.2) is 0 Å². The summed E-state index contributed by atoms with van der Waals surface area (Å²) in [5, 5.41) is 10.2. The quantitative estimate of drug-likeness (QED) is 0.627. The third kappa shape index (κ3) is 3.82. The van der Waals surface area contributed by atoms with Gasteiger partial charge in [-0.25, -0.2) is 0 Å². The highest BCUT2D eigenvalue weighted by atomic mass is 32.2. The van der Waals surface area contributed by atoms with Gasteiger partial charge in [-0.05, 0) is 31.0 Å². The number of methoxy groups -OCH3 is 1. The Hall–Kier alpha value is -0.870. The summed E-state index contributed by atoms with van der Waals surface area (Å²) < 4.78 is 5.16. The average Bonchev–Trinajstić information content (AvgIpc) is 2.28. The zero-order valence-electron chi connectivity index (χ0n) is 10.9. The van der Waals surface area contributed by atoms with E-state index in [1.807, 2.05) is 39.0 Å². The van der Waals surface area contributed by atoms with Crippen LogP contribution in [0.2, 0.25) is 0 Å². The van der Waals surface area contributed by atoms with Gasteiger partial charge >= 0.3 is 0 Å². The smallest absolute Gasteiger partial charge is 0.120 e. The maximum Gasteiger partial charge on any atom is 0.120 e. The number of ether oxygens (including phenoxy) is 1. The van der Waals surface area contributed by atoms with Gasteiger partial charge in [-0.15, -0.1) is 11.8 Å². The largest absolute Gasteiger partial charge is 0.497 e. The van der Waals surface area contributed by atoms with E-state index in [4.69, 9.17) is 10.5 Å². The predicted molar refractivity (Wildman–Crippen MR) is 73.6 cm³/mol. The van der Waals surface area contributed by atoms with Crippen LogP contribution in [-0.4, -0.2) is 23.6 Å². The second-order valence-electron chi connectivity index (χ2n) is 4.70. The fourth-order valence-corrected chi connectivity index (χ4v) is 2.37. The number of nitrogens with two attached hydrogens (primary N) is 1. The monoisotopic (exact) mass is 255 g/mol. The molecule has 0 aliphatic carbocycles. The van der Waals surface area contributed by atoms with Crippen molar-refractivity contribution in [2.24, 2.45) is 5.92 Å². The van der Waals surface area contributed by atoms with Crippen LogP contribution in [-0.2, 0) is 0 Å². The van der Waals surface area contributed by atoms with Gasteiger partial charge in [0.25, 0.3) is 0 Å². The first kappa shape index (κ1) is 14.2. The van der Waals surface area contributed by atoms with Gasteiger partial charge in [-0.3, -0.25) is 0 Å². The molecule has 0 aliphatic heterocycles. The Labute approximate surface area is 107 Å². The summed E-state index contributed by atoms with van der Waals surface area (Å²) in [6.45, 7) is 5.87. The number of hydrogen-bond donors (Lipinski definition) is 2. The fraction of sp³-hybridized carbons (Fsp3) is 0.538. The summed E-state index contributed by atoms with van der Waals surface area (Å²) >= 11 is 1.56. The third-order valence-corrected chi connectivity index (χ3v) is 4.38. The molecule has 0 fully saturated rings.